The molecule has 7 heteroatoms. The number of hydrogen-bond acceptors (Lipinski definition) is 5. The zero-order valence-corrected chi connectivity index (χ0v) is 13.4. The van der Waals surface area contributed by atoms with Crippen molar-refractivity contribution in [2.45, 2.75) is 44.2 Å². The minimum absolute atomic E-state index is 0.0816. The van der Waals surface area contributed by atoms with E-state index in [0.717, 1.165) is 0 Å². The first-order valence-corrected chi connectivity index (χ1v) is 8.50. The molecule has 0 spiro atoms. The number of anilines is 1. The average molecular weight is 313 g/mol. The fraction of sp³-hybridized carbons (Fsp3) is 0.571. The van der Waals surface area contributed by atoms with Crippen LogP contribution in [0.5, 0.6) is 0 Å². The van der Waals surface area contributed by atoms with Gasteiger partial charge >= 0.3 is 0 Å². The molecule has 118 valence electrons. The van der Waals surface area contributed by atoms with Gasteiger partial charge in [0.05, 0.1) is 11.8 Å². The molecule has 0 bridgehead atoms. The largest absolute Gasteiger partial charge is 0.378 e. The molecule has 4 N–H and O–H groups in total. The molecule has 1 fully saturated rings. The molecule has 1 aliphatic carbocycles. The highest BCUT2D eigenvalue weighted by Gasteiger charge is 2.50. The lowest BCUT2D eigenvalue weighted by Gasteiger charge is -2.51. The van der Waals surface area contributed by atoms with Gasteiger partial charge in [-0.25, -0.2) is 13.1 Å². The van der Waals surface area contributed by atoms with Crippen LogP contribution in [0, 0.1) is 5.41 Å². The Hall–Kier alpha value is -1.15. The van der Waals surface area contributed by atoms with Gasteiger partial charge in [0.15, 0.2) is 0 Å². The third-order valence-corrected chi connectivity index (χ3v) is 5.70. The number of hydrogen-bond donors (Lipinski definition) is 3. The fourth-order valence-electron chi connectivity index (χ4n) is 2.64. The van der Waals surface area contributed by atoms with Gasteiger partial charge in [-0.15, -0.1) is 0 Å². The van der Waals surface area contributed by atoms with Crippen LogP contribution in [-0.2, 0) is 14.8 Å². The molecule has 0 heterocycles. The van der Waals surface area contributed by atoms with Crippen LogP contribution in [0.3, 0.4) is 0 Å². The number of benzene rings is 1. The van der Waals surface area contributed by atoms with E-state index in [-0.39, 0.29) is 22.5 Å². The molecule has 0 aromatic heterocycles. The van der Waals surface area contributed by atoms with Crippen LogP contribution in [0.4, 0.5) is 5.69 Å². The van der Waals surface area contributed by atoms with Crippen LogP contribution < -0.4 is 16.0 Å². The average Bonchev–Trinajstić information content (AvgIpc) is 2.46. The maximum Gasteiger partial charge on any atom is 0.242 e. The quantitative estimate of drug-likeness (QED) is 0.546. The molecule has 0 saturated heterocycles. The summed E-state index contributed by atoms with van der Waals surface area (Å²) in [6.07, 6.45) is 0.760. The van der Waals surface area contributed by atoms with Crippen molar-refractivity contribution in [3.8, 4) is 0 Å². The van der Waals surface area contributed by atoms with Gasteiger partial charge in [-0.3, -0.25) is 5.84 Å². The number of nitrogens with two attached hydrogens (primary N) is 1. The Kier molecular flexibility index (Phi) is 4.57. The molecule has 0 radical (unpaired) electrons. The molecule has 1 aromatic carbocycles. The predicted molar refractivity (Wildman–Crippen MR) is 82.2 cm³/mol. The minimum Gasteiger partial charge on any atom is -0.378 e. The Morgan fingerprint density at radius 1 is 1.38 bits per heavy atom. The van der Waals surface area contributed by atoms with E-state index in [1.165, 1.54) is 6.07 Å². The topological polar surface area (TPSA) is 93.4 Å². The van der Waals surface area contributed by atoms with E-state index in [9.17, 15) is 8.42 Å². The first-order chi connectivity index (χ1) is 9.82. The van der Waals surface area contributed by atoms with E-state index in [1.54, 1.807) is 18.2 Å². The molecule has 2 unspecified atom stereocenters. The first kappa shape index (κ1) is 16.2. The summed E-state index contributed by atoms with van der Waals surface area (Å²) in [5.41, 5.74) is 2.57. The molecular weight excluding hydrogens is 290 g/mol. The lowest BCUT2D eigenvalue weighted by Crippen LogP contribution is -2.61. The molecule has 6 nitrogen and oxygen atoms in total. The van der Waals surface area contributed by atoms with Gasteiger partial charge in [0, 0.05) is 18.1 Å². The third-order valence-electron chi connectivity index (χ3n) is 4.18. The number of nitrogen functional groups attached to an aromatic ring is 1. The molecular formula is C14H23N3O3S. The van der Waals surface area contributed by atoms with Crippen LogP contribution in [0.25, 0.3) is 0 Å². The zero-order valence-electron chi connectivity index (χ0n) is 12.6. The van der Waals surface area contributed by atoms with Gasteiger partial charge in [-0.1, -0.05) is 26.0 Å². The Labute approximate surface area is 126 Å². The van der Waals surface area contributed by atoms with Crippen LogP contribution in [0.1, 0.15) is 27.2 Å². The second-order valence-corrected chi connectivity index (χ2v) is 7.50. The van der Waals surface area contributed by atoms with E-state index in [2.05, 4.69) is 10.1 Å². The lowest BCUT2D eigenvalue weighted by molar-refractivity contribution is -0.108. The number of hydrazine groups is 1. The van der Waals surface area contributed by atoms with Gasteiger partial charge in [0.1, 0.15) is 4.90 Å². The number of sulfonamides is 1. The van der Waals surface area contributed by atoms with Gasteiger partial charge < -0.3 is 10.2 Å². The second-order valence-electron chi connectivity index (χ2n) is 5.82. The molecule has 2 rings (SSSR count). The lowest BCUT2D eigenvalue weighted by atomic mass is 9.65. The van der Waals surface area contributed by atoms with Crippen LogP contribution >= 0.6 is 0 Å². The molecule has 0 amide bonds. The van der Waals surface area contributed by atoms with E-state index in [1.807, 2.05) is 20.8 Å². The van der Waals surface area contributed by atoms with Crippen LogP contribution in [0.2, 0.25) is 0 Å². The monoisotopic (exact) mass is 313 g/mol. The maximum absolute atomic E-state index is 12.5. The SMILES string of the molecule is CCOC1CC(NS(=O)(=O)c2ccccc2NN)C1(C)C. The smallest absolute Gasteiger partial charge is 0.242 e. The summed E-state index contributed by atoms with van der Waals surface area (Å²) in [5, 5.41) is 0. The van der Waals surface area contributed by atoms with Gasteiger partial charge in [-0.2, -0.15) is 0 Å². The van der Waals surface area contributed by atoms with Crippen LogP contribution in [-0.4, -0.2) is 27.2 Å². The maximum atomic E-state index is 12.5. The highest BCUT2D eigenvalue weighted by molar-refractivity contribution is 7.89. The summed E-state index contributed by atoms with van der Waals surface area (Å²) in [6.45, 7) is 6.60. The summed E-state index contributed by atoms with van der Waals surface area (Å²) in [5.74, 6) is 5.38. The minimum atomic E-state index is -3.62. The molecule has 21 heavy (non-hydrogen) atoms. The molecule has 2 atom stereocenters. The van der Waals surface area contributed by atoms with Gasteiger partial charge in [-0.05, 0) is 25.5 Å². The summed E-state index contributed by atoms with van der Waals surface area (Å²) in [7, 11) is -3.62. The standard InChI is InChI=1S/C14H23N3O3S/c1-4-20-13-9-12(14(13,2)3)17-21(18,19)11-8-6-5-7-10(11)16-15/h5-8,12-13,16-17H,4,9,15H2,1-3H3. The van der Waals surface area contributed by atoms with Crippen molar-refractivity contribution in [1.29, 1.82) is 0 Å². The van der Waals surface area contributed by atoms with Crippen molar-refractivity contribution in [1.82, 2.24) is 4.72 Å². The van der Waals surface area contributed by atoms with E-state index >= 15 is 0 Å². The Bertz CT molecular complexity index is 601. The second kappa shape index (κ2) is 5.92. The van der Waals surface area contributed by atoms with E-state index in [0.29, 0.717) is 18.7 Å². The van der Waals surface area contributed by atoms with Crippen molar-refractivity contribution in [2.75, 3.05) is 12.0 Å². The molecule has 1 aliphatic rings. The zero-order chi connectivity index (χ0) is 15.7. The Morgan fingerprint density at radius 2 is 2.05 bits per heavy atom. The highest BCUT2D eigenvalue weighted by Crippen LogP contribution is 2.43. The molecule has 0 aliphatic heterocycles. The summed E-state index contributed by atoms with van der Waals surface area (Å²) in [6, 6.07) is 6.41. The van der Waals surface area contributed by atoms with E-state index < -0.39 is 10.0 Å². The van der Waals surface area contributed by atoms with Gasteiger partial charge in [0.2, 0.25) is 10.0 Å². The van der Waals surface area contributed by atoms with Crippen molar-refractivity contribution in [2.24, 2.45) is 11.3 Å². The van der Waals surface area contributed by atoms with E-state index in [4.69, 9.17) is 10.6 Å². The highest BCUT2D eigenvalue weighted by atomic mass is 32.2. The Balaban J connectivity index is 2.16. The number of ether oxygens (including phenoxy) is 1. The first-order valence-electron chi connectivity index (χ1n) is 7.02. The molecule has 1 saturated carbocycles. The van der Waals surface area contributed by atoms with Crippen LogP contribution in [0.15, 0.2) is 29.2 Å². The number of rotatable bonds is 6. The number of nitrogens with one attached hydrogen (secondary N) is 2. The van der Waals surface area contributed by atoms with Crippen molar-refractivity contribution in [3.63, 3.8) is 0 Å². The molecule has 1 aromatic rings. The fourth-order valence-corrected chi connectivity index (χ4v) is 4.22. The Morgan fingerprint density at radius 3 is 2.62 bits per heavy atom. The normalized spacial score (nSPS) is 24.4. The summed E-state index contributed by atoms with van der Waals surface area (Å²) in [4.78, 5) is 0.156. The summed E-state index contributed by atoms with van der Waals surface area (Å²) < 4.78 is 33.4. The van der Waals surface area contributed by atoms with Gasteiger partial charge in [0.25, 0.3) is 0 Å². The van der Waals surface area contributed by atoms with Crippen molar-refractivity contribution in [3.05, 3.63) is 24.3 Å². The summed E-state index contributed by atoms with van der Waals surface area (Å²) >= 11 is 0. The van der Waals surface area contributed by atoms with Crippen molar-refractivity contribution >= 4 is 15.7 Å². The number of para-hydroxylation sites is 1. The van der Waals surface area contributed by atoms with Crippen molar-refractivity contribution < 1.29 is 13.2 Å². The third kappa shape index (κ3) is 3.06. The predicted octanol–water partition coefficient (Wildman–Crippen LogP) is 1.45.